The zero-order valence-corrected chi connectivity index (χ0v) is 21.3. The molecule has 0 radical (unpaired) electrons. The number of hydrogen-bond acceptors (Lipinski definition) is 4. The van der Waals surface area contributed by atoms with E-state index in [1.165, 1.54) is 6.07 Å². The van der Waals surface area contributed by atoms with Crippen LogP contribution in [-0.2, 0) is 19.7 Å². The van der Waals surface area contributed by atoms with E-state index in [1.54, 1.807) is 48.4 Å². The van der Waals surface area contributed by atoms with Crippen LogP contribution in [0, 0.1) is 5.41 Å². The van der Waals surface area contributed by atoms with Gasteiger partial charge in [-0.15, -0.1) is 0 Å². The Kier molecular flexibility index (Phi) is 7.06. The molecule has 0 bridgehead atoms. The van der Waals surface area contributed by atoms with Crippen LogP contribution in [-0.4, -0.2) is 27.7 Å². The Morgan fingerprint density at radius 1 is 0.943 bits per heavy atom. The molecule has 8 heteroatoms. The van der Waals surface area contributed by atoms with Gasteiger partial charge in [-0.05, 0) is 23.3 Å². The third-order valence-corrected chi connectivity index (χ3v) is 6.59. The second-order valence-electron chi connectivity index (χ2n) is 9.55. The van der Waals surface area contributed by atoms with Crippen LogP contribution >= 0.6 is 23.2 Å². The Bertz CT molecular complexity index is 1340. The first-order valence-corrected chi connectivity index (χ1v) is 12.0. The minimum atomic E-state index is -0.722. The lowest BCUT2D eigenvalue weighted by Crippen LogP contribution is -2.43. The standard InChI is InChI=1S/C27H26Cl2N2O4/c1-27(2,3)25(33)21-14-22(32)24(35-16-17-7-5-4-6-8-17)23-26(34)30(11-12-31(21)23)15-18-9-10-19(28)20(29)13-18/h4-10,13-14H,11-12,15-16H2,1-3H3. The second kappa shape index (κ2) is 9.88. The molecule has 0 saturated carbocycles. The van der Waals surface area contributed by atoms with Crippen LogP contribution in [0.2, 0.25) is 10.0 Å². The van der Waals surface area contributed by atoms with Crippen molar-refractivity contribution in [1.82, 2.24) is 9.47 Å². The molecule has 35 heavy (non-hydrogen) atoms. The lowest BCUT2D eigenvalue weighted by Gasteiger charge is -2.33. The van der Waals surface area contributed by atoms with Crippen molar-refractivity contribution in [3.05, 3.63) is 97.4 Å². The van der Waals surface area contributed by atoms with Gasteiger partial charge in [0.1, 0.15) is 6.61 Å². The van der Waals surface area contributed by atoms with Gasteiger partial charge < -0.3 is 14.2 Å². The van der Waals surface area contributed by atoms with Gasteiger partial charge in [-0.25, -0.2) is 0 Å². The van der Waals surface area contributed by atoms with Gasteiger partial charge in [0, 0.05) is 31.1 Å². The summed E-state index contributed by atoms with van der Waals surface area (Å²) in [5.74, 6) is -0.648. The monoisotopic (exact) mass is 512 g/mol. The normalized spacial score (nSPS) is 13.5. The molecule has 3 aromatic rings. The van der Waals surface area contributed by atoms with Crippen LogP contribution in [0.4, 0.5) is 0 Å². The fourth-order valence-electron chi connectivity index (χ4n) is 4.00. The third kappa shape index (κ3) is 5.29. The Balaban J connectivity index is 1.76. The van der Waals surface area contributed by atoms with E-state index in [9.17, 15) is 14.4 Å². The number of hydrogen-bond donors (Lipinski definition) is 0. The molecular formula is C27H26Cl2N2O4. The smallest absolute Gasteiger partial charge is 0.274 e. The molecular weight excluding hydrogens is 487 g/mol. The van der Waals surface area contributed by atoms with E-state index >= 15 is 0 Å². The van der Waals surface area contributed by atoms with Crippen molar-refractivity contribution in [2.75, 3.05) is 6.54 Å². The molecule has 1 aliphatic heterocycles. The van der Waals surface area contributed by atoms with Crippen molar-refractivity contribution in [2.24, 2.45) is 5.41 Å². The predicted molar refractivity (Wildman–Crippen MR) is 136 cm³/mol. The van der Waals surface area contributed by atoms with E-state index in [0.717, 1.165) is 11.1 Å². The van der Waals surface area contributed by atoms with Crippen molar-refractivity contribution < 1.29 is 14.3 Å². The first-order valence-electron chi connectivity index (χ1n) is 11.3. The number of carbonyl (C=O) groups excluding carboxylic acids is 2. The number of benzene rings is 2. The molecule has 182 valence electrons. The Hall–Kier alpha value is -3.09. The number of halogens is 2. The van der Waals surface area contributed by atoms with Crippen LogP contribution in [0.5, 0.6) is 5.75 Å². The maximum absolute atomic E-state index is 13.7. The highest BCUT2D eigenvalue weighted by atomic mass is 35.5. The highest BCUT2D eigenvalue weighted by molar-refractivity contribution is 6.42. The lowest BCUT2D eigenvalue weighted by molar-refractivity contribution is 0.0674. The number of ketones is 1. The van der Waals surface area contributed by atoms with E-state index in [0.29, 0.717) is 23.1 Å². The number of carbonyl (C=O) groups is 2. The quantitative estimate of drug-likeness (QED) is 0.402. The average Bonchev–Trinajstić information content (AvgIpc) is 2.82. The minimum absolute atomic E-state index is 0.0526. The Labute approximate surface area is 214 Å². The molecule has 0 unspecified atom stereocenters. The highest BCUT2D eigenvalue weighted by Crippen LogP contribution is 2.29. The summed E-state index contributed by atoms with van der Waals surface area (Å²) in [7, 11) is 0. The second-order valence-corrected chi connectivity index (χ2v) is 10.4. The number of fused-ring (bicyclic) bond motifs is 1. The summed E-state index contributed by atoms with van der Waals surface area (Å²) < 4.78 is 7.54. The number of amides is 1. The van der Waals surface area contributed by atoms with Crippen molar-refractivity contribution in [3.8, 4) is 5.75 Å². The van der Waals surface area contributed by atoms with Crippen LogP contribution in [0.15, 0.2) is 59.4 Å². The topological polar surface area (TPSA) is 68.6 Å². The third-order valence-electron chi connectivity index (χ3n) is 5.85. The number of aromatic nitrogens is 1. The molecule has 0 aliphatic carbocycles. The predicted octanol–water partition coefficient (Wildman–Crippen LogP) is 5.62. The summed E-state index contributed by atoms with van der Waals surface area (Å²) in [4.78, 5) is 41.7. The fraction of sp³-hybridized carbons (Fsp3) is 0.296. The first-order chi connectivity index (χ1) is 16.6. The van der Waals surface area contributed by atoms with E-state index in [2.05, 4.69) is 0 Å². The van der Waals surface area contributed by atoms with Crippen molar-refractivity contribution in [1.29, 1.82) is 0 Å². The average molecular weight is 513 g/mol. The Morgan fingerprint density at radius 2 is 1.66 bits per heavy atom. The van der Waals surface area contributed by atoms with Gasteiger partial charge in [-0.2, -0.15) is 0 Å². The molecule has 4 rings (SSSR count). The van der Waals surface area contributed by atoms with Crippen LogP contribution in [0.1, 0.15) is 52.9 Å². The largest absolute Gasteiger partial charge is 0.483 e. The summed E-state index contributed by atoms with van der Waals surface area (Å²) in [6.07, 6.45) is 0. The van der Waals surface area contributed by atoms with Crippen molar-refractivity contribution in [2.45, 2.75) is 40.5 Å². The number of pyridine rings is 1. The maximum Gasteiger partial charge on any atom is 0.274 e. The Morgan fingerprint density at radius 3 is 2.31 bits per heavy atom. The van der Waals surface area contributed by atoms with Gasteiger partial charge in [-0.1, -0.05) is 80.4 Å². The molecule has 0 atom stereocenters. The maximum atomic E-state index is 13.7. The van der Waals surface area contributed by atoms with E-state index in [-0.39, 0.29) is 42.0 Å². The van der Waals surface area contributed by atoms with Crippen LogP contribution < -0.4 is 10.2 Å². The van der Waals surface area contributed by atoms with E-state index in [4.69, 9.17) is 27.9 Å². The van der Waals surface area contributed by atoms with Gasteiger partial charge in [0.2, 0.25) is 5.43 Å². The van der Waals surface area contributed by atoms with Crippen LogP contribution in [0.3, 0.4) is 0 Å². The van der Waals surface area contributed by atoms with Crippen molar-refractivity contribution in [3.63, 3.8) is 0 Å². The van der Waals surface area contributed by atoms with Gasteiger partial charge in [0.25, 0.3) is 5.91 Å². The summed E-state index contributed by atoms with van der Waals surface area (Å²) in [6, 6.07) is 15.9. The minimum Gasteiger partial charge on any atom is -0.483 e. The molecule has 6 nitrogen and oxygen atoms in total. The van der Waals surface area contributed by atoms with Gasteiger partial charge >= 0.3 is 0 Å². The summed E-state index contributed by atoms with van der Waals surface area (Å²) in [6.45, 7) is 6.46. The molecule has 2 aromatic carbocycles. The number of ether oxygens (including phenoxy) is 1. The molecule has 1 amide bonds. The van der Waals surface area contributed by atoms with Crippen LogP contribution in [0.25, 0.3) is 0 Å². The molecule has 0 fully saturated rings. The fourth-order valence-corrected chi connectivity index (χ4v) is 4.32. The zero-order chi connectivity index (χ0) is 25.3. The van der Waals surface area contributed by atoms with Gasteiger partial charge in [-0.3, -0.25) is 14.4 Å². The lowest BCUT2D eigenvalue weighted by atomic mass is 9.88. The van der Waals surface area contributed by atoms with E-state index < -0.39 is 10.8 Å². The highest BCUT2D eigenvalue weighted by Gasteiger charge is 2.35. The van der Waals surface area contributed by atoms with Gasteiger partial charge in [0.05, 0.1) is 15.7 Å². The zero-order valence-electron chi connectivity index (χ0n) is 19.8. The number of nitrogens with zero attached hydrogens (tertiary/aromatic N) is 2. The summed E-state index contributed by atoms with van der Waals surface area (Å²) >= 11 is 12.2. The molecule has 0 saturated heterocycles. The molecule has 0 N–H and O–H groups in total. The number of Topliss-reactive ketones (excluding diaryl/α,β-unsaturated/α-hetero) is 1. The van der Waals surface area contributed by atoms with E-state index in [1.807, 2.05) is 30.3 Å². The molecule has 0 spiro atoms. The summed E-state index contributed by atoms with van der Waals surface area (Å²) in [5, 5.41) is 0.828. The van der Waals surface area contributed by atoms with Crippen molar-refractivity contribution >= 4 is 34.9 Å². The van der Waals surface area contributed by atoms with Gasteiger partial charge in [0.15, 0.2) is 17.2 Å². The summed E-state index contributed by atoms with van der Waals surface area (Å²) in [5.41, 5.74) is 0.748. The SMILES string of the molecule is CC(C)(C)C(=O)c1cc(=O)c(OCc2ccccc2)c2n1CCN(Cc1ccc(Cl)c(Cl)c1)C2=O. The molecule has 1 aromatic heterocycles. The number of rotatable bonds is 6. The molecule has 1 aliphatic rings. The first kappa shape index (κ1) is 25.0. The molecule has 2 heterocycles.